The first kappa shape index (κ1) is 16.5. The maximum Gasteiger partial charge on any atom is 0.259 e. The minimum atomic E-state index is 0.159. The van der Waals surface area contributed by atoms with Gasteiger partial charge in [-0.3, -0.25) is 9.88 Å². The maximum absolute atomic E-state index is 6.04. The Bertz CT molecular complexity index is 1080. The number of rotatable bonds is 4. The van der Waals surface area contributed by atoms with Crippen molar-refractivity contribution in [2.45, 2.75) is 32.4 Å². The quantitative estimate of drug-likeness (QED) is 0.525. The third kappa shape index (κ3) is 3.02. The molecule has 0 aliphatic carbocycles. The summed E-state index contributed by atoms with van der Waals surface area (Å²) in [7, 11) is 0. The summed E-state index contributed by atoms with van der Waals surface area (Å²) in [5, 5.41) is 9.84. The average molecular weight is 377 g/mol. The summed E-state index contributed by atoms with van der Waals surface area (Å²) < 4.78 is 6.04. The molecular weight excluding hydrogens is 358 g/mol. The molecule has 1 aliphatic heterocycles. The fraction of sp³-hybridized carbons (Fsp3) is 0.300. The van der Waals surface area contributed by atoms with Crippen LogP contribution >= 0.6 is 11.3 Å². The van der Waals surface area contributed by atoms with E-state index in [4.69, 9.17) is 4.42 Å². The zero-order valence-electron chi connectivity index (χ0n) is 15.0. The van der Waals surface area contributed by atoms with Crippen LogP contribution in [0.2, 0.25) is 0 Å². The second-order valence-corrected chi connectivity index (χ2v) is 7.68. The number of aromatic nitrogens is 4. The first-order valence-electron chi connectivity index (χ1n) is 9.10. The predicted octanol–water partition coefficient (Wildman–Crippen LogP) is 4.39. The molecule has 1 atom stereocenters. The van der Waals surface area contributed by atoms with Crippen LogP contribution in [0.5, 0.6) is 0 Å². The monoisotopic (exact) mass is 377 g/mol. The second-order valence-electron chi connectivity index (χ2n) is 6.83. The third-order valence-electron chi connectivity index (χ3n) is 5.14. The minimum absolute atomic E-state index is 0.159. The minimum Gasteiger partial charge on any atom is -0.418 e. The fourth-order valence-corrected chi connectivity index (χ4v) is 4.50. The van der Waals surface area contributed by atoms with Crippen molar-refractivity contribution >= 4 is 22.2 Å². The highest BCUT2D eigenvalue weighted by Crippen LogP contribution is 2.35. The van der Waals surface area contributed by atoms with Crippen molar-refractivity contribution in [3.8, 4) is 10.8 Å². The Hall–Kier alpha value is -2.64. The van der Waals surface area contributed by atoms with E-state index in [2.05, 4.69) is 49.3 Å². The average Bonchev–Trinajstić information content (AvgIpc) is 3.42. The van der Waals surface area contributed by atoms with Crippen LogP contribution in [-0.2, 0) is 6.54 Å². The lowest BCUT2D eigenvalue weighted by Crippen LogP contribution is -2.23. The van der Waals surface area contributed by atoms with Crippen LogP contribution in [0.1, 0.15) is 36.0 Å². The Labute approximate surface area is 160 Å². The van der Waals surface area contributed by atoms with E-state index in [0.717, 1.165) is 42.0 Å². The number of hydrogen-bond acceptors (Lipinski definition) is 7. The highest BCUT2D eigenvalue weighted by Gasteiger charge is 2.31. The molecule has 1 aromatic carbocycles. The molecule has 136 valence electrons. The topological polar surface area (TPSA) is 67.9 Å². The SMILES string of the molecule is Cc1ncsc1-c1nnc(C2CCCN2Cc2ccnc3ccccc23)o1. The van der Waals surface area contributed by atoms with Crippen LogP contribution in [0.4, 0.5) is 0 Å². The van der Waals surface area contributed by atoms with Gasteiger partial charge in [0, 0.05) is 18.1 Å². The van der Waals surface area contributed by atoms with Crippen molar-refractivity contribution in [2.75, 3.05) is 6.54 Å². The van der Waals surface area contributed by atoms with Gasteiger partial charge in [-0.25, -0.2) is 4.98 Å². The summed E-state index contributed by atoms with van der Waals surface area (Å²) in [6.07, 6.45) is 4.05. The molecule has 6 nitrogen and oxygen atoms in total. The highest BCUT2D eigenvalue weighted by molar-refractivity contribution is 7.13. The molecule has 0 bridgehead atoms. The van der Waals surface area contributed by atoms with Crippen LogP contribution < -0.4 is 0 Å². The second kappa shape index (κ2) is 6.83. The number of thiazole rings is 1. The first-order chi connectivity index (χ1) is 13.3. The number of hydrogen-bond donors (Lipinski definition) is 0. The molecule has 1 unspecified atom stereocenters. The van der Waals surface area contributed by atoms with Gasteiger partial charge in [0.25, 0.3) is 5.89 Å². The molecule has 0 radical (unpaired) electrons. The smallest absolute Gasteiger partial charge is 0.259 e. The zero-order chi connectivity index (χ0) is 18.2. The lowest BCUT2D eigenvalue weighted by molar-refractivity contribution is 0.216. The first-order valence-corrected chi connectivity index (χ1v) is 9.98. The number of nitrogens with zero attached hydrogens (tertiary/aromatic N) is 5. The molecule has 0 saturated carbocycles. The van der Waals surface area contributed by atoms with Crippen LogP contribution in [0.15, 0.2) is 46.5 Å². The summed E-state index contributed by atoms with van der Waals surface area (Å²) in [4.78, 5) is 12.1. The van der Waals surface area contributed by atoms with E-state index in [1.165, 1.54) is 22.3 Å². The lowest BCUT2D eigenvalue weighted by atomic mass is 10.1. The summed E-state index contributed by atoms with van der Waals surface area (Å²) in [5.74, 6) is 1.28. The lowest BCUT2D eigenvalue weighted by Gasteiger charge is -2.22. The van der Waals surface area contributed by atoms with Crippen molar-refractivity contribution in [1.29, 1.82) is 0 Å². The number of fused-ring (bicyclic) bond motifs is 1. The van der Waals surface area contributed by atoms with Crippen LogP contribution in [-0.4, -0.2) is 31.6 Å². The van der Waals surface area contributed by atoms with Crippen molar-refractivity contribution in [3.05, 3.63) is 59.2 Å². The van der Waals surface area contributed by atoms with Crippen LogP contribution in [0, 0.1) is 6.92 Å². The number of benzene rings is 1. The van der Waals surface area contributed by atoms with E-state index in [-0.39, 0.29) is 6.04 Å². The van der Waals surface area contributed by atoms with Gasteiger partial charge in [-0.15, -0.1) is 21.5 Å². The molecule has 0 spiro atoms. The molecule has 3 aromatic heterocycles. The number of likely N-dealkylation sites (tertiary alicyclic amines) is 1. The van der Waals surface area contributed by atoms with Crippen LogP contribution in [0.3, 0.4) is 0 Å². The fourth-order valence-electron chi connectivity index (χ4n) is 3.77. The number of pyridine rings is 1. The molecule has 4 aromatic rings. The Balaban J connectivity index is 1.42. The summed E-state index contributed by atoms with van der Waals surface area (Å²) >= 11 is 1.54. The molecule has 4 heterocycles. The molecule has 0 N–H and O–H groups in total. The maximum atomic E-state index is 6.04. The van der Waals surface area contributed by atoms with Gasteiger partial charge in [-0.2, -0.15) is 0 Å². The van der Waals surface area contributed by atoms with Crippen molar-refractivity contribution in [3.63, 3.8) is 0 Å². The zero-order valence-corrected chi connectivity index (χ0v) is 15.8. The Morgan fingerprint density at radius 1 is 1.19 bits per heavy atom. The summed E-state index contributed by atoms with van der Waals surface area (Å²) in [6.45, 7) is 3.84. The van der Waals surface area contributed by atoms with E-state index >= 15 is 0 Å². The summed E-state index contributed by atoms with van der Waals surface area (Å²) in [5.41, 5.74) is 5.06. The Kier molecular flexibility index (Phi) is 4.18. The highest BCUT2D eigenvalue weighted by atomic mass is 32.1. The van der Waals surface area contributed by atoms with Gasteiger partial charge < -0.3 is 4.42 Å². The molecule has 7 heteroatoms. The van der Waals surface area contributed by atoms with Crippen LogP contribution in [0.25, 0.3) is 21.7 Å². The molecule has 1 aliphatic rings. The van der Waals surface area contributed by atoms with Gasteiger partial charge in [-0.1, -0.05) is 18.2 Å². The third-order valence-corrected chi connectivity index (χ3v) is 6.06. The largest absolute Gasteiger partial charge is 0.418 e. The van der Waals surface area contributed by atoms with Gasteiger partial charge in [0.1, 0.15) is 4.88 Å². The van der Waals surface area contributed by atoms with Gasteiger partial charge >= 0.3 is 0 Å². The number of para-hydroxylation sites is 1. The van der Waals surface area contributed by atoms with E-state index in [1.54, 1.807) is 0 Å². The molecule has 5 rings (SSSR count). The Morgan fingerprint density at radius 2 is 2.11 bits per heavy atom. The summed E-state index contributed by atoms with van der Waals surface area (Å²) in [6, 6.07) is 10.6. The molecular formula is C20H19N5OS. The molecule has 1 saturated heterocycles. The van der Waals surface area contributed by atoms with Gasteiger partial charge in [0.15, 0.2) is 0 Å². The predicted molar refractivity (Wildman–Crippen MR) is 104 cm³/mol. The van der Waals surface area contributed by atoms with Gasteiger partial charge in [0.05, 0.1) is 22.8 Å². The van der Waals surface area contributed by atoms with E-state index in [9.17, 15) is 0 Å². The molecule has 1 fully saturated rings. The van der Waals surface area contributed by atoms with Crippen molar-refractivity contribution in [2.24, 2.45) is 0 Å². The Morgan fingerprint density at radius 3 is 3.00 bits per heavy atom. The van der Waals surface area contributed by atoms with Crippen molar-refractivity contribution < 1.29 is 4.42 Å². The molecule has 0 amide bonds. The van der Waals surface area contributed by atoms with E-state index in [1.807, 2.05) is 24.7 Å². The number of aryl methyl sites for hydroxylation is 1. The standard InChI is InChI=1S/C20H19N5OS/c1-13-18(27-12-22-13)20-24-23-19(26-20)17-7-4-10-25(17)11-14-8-9-21-16-6-3-2-5-15(14)16/h2-3,5-6,8-9,12,17H,4,7,10-11H2,1H3. The van der Waals surface area contributed by atoms with Crippen molar-refractivity contribution in [1.82, 2.24) is 25.1 Å². The van der Waals surface area contributed by atoms with Gasteiger partial charge in [0.2, 0.25) is 5.89 Å². The van der Waals surface area contributed by atoms with Gasteiger partial charge in [-0.05, 0) is 44.0 Å². The van der Waals surface area contributed by atoms with E-state index < -0.39 is 0 Å². The normalized spacial score (nSPS) is 17.7. The van der Waals surface area contributed by atoms with E-state index in [0.29, 0.717) is 11.8 Å². The molecule has 27 heavy (non-hydrogen) atoms.